The molecule has 0 N–H and O–H groups in total. The van der Waals surface area contributed by atoms with Gasteiger partial charge in [0, 0.05) is 12.1 Å². The molecule has 1 fully saturated rings. The van der Waals surface area contributed by atoms with Crippen molar-refractivity contribution < 1.29 is 14.3 Å². The lowest BCUT2D eigenvalue weighted by molar-refractivity contribution is -0.126. The minimum atomic E-state index is -0.0348. The number of ether oxygens (including phenoxy) is 2. The van der Waals surface area contributed by atoms with Gasteiger partial charge in [0.1, 0.15) is 11.5 Å². The molecule has 1 aromatic carbocycles. The zero-order chi connectivity index (χ0) is 13.8. The van der Waals surface area contributed by atoms with Crippen LogP contribution in [0.5, 0.6) is 11.5 Å². The molecule has 4 nitrogen and oxygen atoms in total. The van der Waals surface area contributed by atoms with E-state index in [1.807, 2.05) is 23.1 Å². The van der Waals surface area contributed by atoms with E-state index in [4.69, 9.17) is 9.47 Å². The van der Waals surface area contributed by atoms with E-state index in [9.17, 15) is 4.79 Å². The van der Waals surface area contributed by atoms with Crippen molar-refractivity contribution in [1.82, 2.24) is 4.90 Å². The summed E-state index contributed by atoms with van der Waals surface area (Å²) in [7, 11) is 3.27. The fourth-order valence-electron chi connectivity index (χ4n) is 2.57. The van der Waals surface area contributed by atoms with Gasteiger partial charge in [-0.15, -0.1) is 0 Å². The summed E-state index contributed by atoms with van der Waals surface area (Å²) in [5, 5.41) is 0. The van der Waals surface area contributed by atoms with E-state index in [-0.39, 0.29) is 11.9 Å². The number of carbonyl (C=O) groups excluding carboxylic acids is 1. The highest BCUT2D eigenvalue weighted by molar-refractivity contribution is 5.87. The van der Waals surface area contributed by atoms with Crippen LogP contribution < -0.4 is 9.47 Å². The van der Waals surface area contributed by atoms with Crippen LogP contribution in [0, 0.1) is 0 Å². The summed E-state index contributed by atoms with van der Waals surface area (Å²) >= 11 is 0. The van der Waals surface area contributed by atoms with Gasteiger partial charge in [-0.05, 0) is 37.1 Å². The summed E-state index contributed by atoms with van der Waals surface area (Å²) in [5.74, 6) is 1.52. The van der Waals surface area contributed by atoms with Crippen LogP contribution in [0.2, 0.25) is 0 Å². The Balaban J connectivity index is 2.38. The number of rotatable bonds is 4. The molecule has 0 spiro atoms. The van der Waals surface area contributed by atoms with Crippen molar-refractivity contribution in [2.75, 3.05) is 20.8 Å². The van der Waals surface area contributed by atoms with Crippen LogP contribution >= 0.6 is 0 Å². The van der Waals surface area contributed by atoms with Crippen molar-refractivity contribution in [2.45, 2.75) is 18.9 Å². The molecule has 1 unspecified atom stereocenters. The highest BCUT2D eigenvalue weighted by atomic mass is 16.5. The summed E-state index contributed by atoms with van der Waals surface area (Å²) < 4.78 is 10.7. The van der Waals surface area contributed by atoms with E-state index in [2.05, 4.69) is 6.58 Å². The van der Waals surface area contributed by atoms with E-state index >= 15 is 0 Å². The molecule has 102 valence electrons. The molecule has 0 bridgehead atoms. The zero-order valence-electron chi connectivity index (χ0n) is 11.4. The smallest absolute Gasteiger partial charge is 0.246 e. The summed E-state index contributed by atoms with van der Waals surface area (Å²) in [6, 6.07) is 5.72. The summed E-state index contributed by atoms with van der Waals surface area (Å²) in [6.07, 6.45) is 3.29. The Kier molecular flexibility index (Phi) is 4.10. The lowest BCUT2D eigenvalue weighted by Gasteiger charge is -2.25. The zero-order valence-corrected chi connectivity index (χ0v) is 11.4. The van der Waals surface area contributed by atoms with Crippen LogP contribution in [-0.4, -0.2) is 31.6 Å². The average molecular weight is 261 g/mol. The number of likely N-dealkylation sites (tertiary alicyclic amines) is 1. The van der Waals surface area contributed by atoms with Gasteiger partial charge in [0.15, 0.2) is 0 Å². The number of hydrogen-bond acceptors (Lipinski definition) is 3. The number of nitrogens with zero attached hydrogens (tertiary/aromatic N) is 1. The average Bonchev–Trinajstić information content (AvgIpc) is 2.94. The Morgan fingerprint density at radius 2 is 2.21 bits per heavy atom. The molecule has 1 aliphatic heterocycles. The van der Waals surface area contributed by atoms with Gasteiger partial charge < -0.3 is 14.4 Å². The monoisotopic (exact) mass is 261 g/mol. The molecule has 1 aliphatic rings. The highest BCUT2D eigenvalue weighted by Gasteiger charge is 2.30. The van der Waals surface area contributed by atoms with Crippen LogP contribution in [0.15, 0.2) is 30.9 Å². The summed E-state index contributed by atoms with van der Waals surface area (Å²) in [5.41, 5.74) is 0.995. The van der Waals surface area contributed by atoms with Crippen LogP contribution in [0.3, 0.4) is 0 Å². The molecule has 1 atom stereocenters. The molecule has 1 aromatic rings. The molecular weight excluding hydrogens is 242 g/mol. The first-order valence-electron chi connectivity index (χ1n) is 6.36. The molecule has 19 heavy (non-hydrogen) atoms. The van der Waals surface area contributed by atoms with Gasteiger partial charge >= 0.3 is 0 Å². The molecular formula is C15H19NO3. The third-order valence-electron chi connectivity index (χ3n) is 3.51. The molecule has 1 amide bonds. The first-order chi connectivity index (χ1) is 9.21. The maximum atomic E-state index is 11.9. The van der Waals surface area contributed by atoms with Crippen molar-refractivity contribution in [3.8, 4) is 11.5 Å². The van der Waals surface area contributed by atoms with Crippen molar-refractivity contribution in [3.63, 3.8) is 0 Å². The largest absolute Gasteiger partial charge is 0.497 e. The van der Waals surface area contributed by atoms with E-state index in [1.54, 1.807) is 14.2 Å². The van der Waals surface area contributed by atoms with Gasteiger partial charge in [0.25, 0.3) is 0 Å². The topological polar surface area (TPSA) is 38.8 Å². The van der Waals surface area contributed by atoms with E-state index in [1.165, 1.54) is 6.08 Å². The number of benzene rings is 1. The number of carbonyl (C=O) groups is 1. The SMILES string of the molecule is C=CC(=O)N1CCCC1c1cc(OC)ccc1OC. The second-order valence-corrected chi connectivity index (χ2v) is 4.50. The quantitative estimate of drug-likeness (QED) is 0.782. The summed E-state index contributed by atoms with van der Waals surface area (Å²) in [4.78, 5) is 13.7. The standard InChI is InChI=1S/C15H19NO3/c1-4-15(17)16-9-5-6-13(16)12-10-11(18-2)7-8-14(12)19-3/h4,7-8,10,13H,1,5-6,9H2,2-3H3. The predicted molar refractivity (Wildman–Crippen MR) is 73.4 cm³/mol. The number of amides is 1. The fourth-order valence-corrected chi connectivity index (χ4v) is 2.57. The number of methoxy groups -OCH3 is 2. The Morgan fingerprint density at radius 3 is 2.84 bits per heavy atom. The minimum Gasteiger partial charge on any atom is -0.497 e. The fraction of sp³-hybridized carbons (Fsp3) is 0.400. The van der Waals surface area contributed by atoms with Gasteiger partial charge in [-0.1, -0.05) is 6.58 Å². The van der Waals surface area contributed by atoms with E-state index < -0.39 is 0 Å². The van der Waals surface area contributed by atoms with Crippen molar-refractivity contribution >= 4 is 5.91 Å². The second-order valence-electron chi connectivity index (χ2n) is 4.50. The van der Waals surface area contributed by atoms with E-state index in [0.717, 1.165) is 36.4 Å². The van der Waals surface area contributed by atoms with E-state index in [0.29, 0.717) is 0 Å². The van der Waals surface area contributed by atoms with Crippen molar-refractivity contribution in [1.29, 1.82) is 0 Å². The van der Waals surface area contributed by atoms with Crippen LogP contribution in [0.4, 0.5) is 0 Å². The Hall–Kier alpha value is -1.97. The van der Waals surface area contributed by atoms with Gasteiger partial charge in [-0.3, -0.25) is 4.79 Å². The van der Waals surface area contributed by atoms with Gasteiger partial charge in [0.05, 0.1) is 20.3 Å². The molecule has 1 saturated heterocycles. The van der Waals surface area contributed by atoms with Gasteiger partial charge in [-0.25, -0.2) is 0 Å². The Morgan fingerprint density at radius 1 is 1.42 bits per heavy atom. The molecule has 2 rings (SSSR count). The third kappa shape index (κ3) is 2.57. The minimum absolute atomic E-state index is 0.0348. The Bertz CT molecular complexity index is 484. The van der Waals surface area contributed by atoms with Gasteiger partial charge in [-0.2, -0.15) is 0 Å². The molecule has 0 saturated carbocycles. The number of hydrogen-bond donors (Lipinski definition) is 0. The first kappa shape index (κ1) is 13.5. The van der Waals surface area contributed by atoms with Gasteiger partial charge in [0.2, 0.25) is 5.91 Å². The predicted octanol–water partition coefficient (Wildman–Crippen LogP) is 2.55. The highest BCUT2D eigenvalue weighted by Crippen LogP contribution is 2.38. The molecule has 0 aliphatic carbocycles. The van der Waals surface area contributed by atoms with Crippen LogP contribution in [0.1, 0.15) is 24.4 Å². The second kappa shape index (κ2) is 5.78. The normalized spacial score (nSPS) is 18.2. The third-order valence-corrected chi connectivity index (χ3v) is 3.51. The molecule has 4 heteroatoms. The molecule has 0 aromatic heterocycles. The molecule has 0 radical (unpaired) electrons. The summed E-state index contributed by atoms with van der Waals surface area (Å²) in [6.45, 7) is 4.32. The Labute approximate surface area is 113 Å². The lowest BCUT2D eigenvalue weighted by Crippen LogP contribution is -2.29. The van der Waals surface area contributed by atoms with Crippen LogP contribution in [-0.2, 0) is 4.79 Å². The van der Waals surface area contributed by atoms with Crippen molar-refractivity contribution in [2.24, 2.45) is 0 Å². The maximum absolute atomic E-state index is 11.9. The van der Waals surface area contributed by atoms with Crippen molar-refractivity contribution in [3.05, 3.63) is 36.4 Å². The molecule has 1 heterocycles. The maximum Gasteiger partial charge on any atom is 0.246 e. The lowest BCUT2D eigenvalue weighted by atomic mass is 10.0. The van der Waals surface area contributed by atoms with Crippen LogP contribution in [0.25, 0.3) is 0 Å². The first-order valence-corrected chi connectivity index (χ1v) is 6.36.